The van der Waals surface area contributed by atoms with E-state index in [4.69, 9.17) is 4.42 Å². The number of likely N-dealkylation sites (N-methyl/N-ethyl adjacent to an activating group) is 2. The van der Waals surface area contributed by atoms with Crippen LogP contribution < -0.4 is 5.32 Å². The standard InChI is InChI=1S/C12H23N3O/c1-14(2)7-8-15(3)6-5-13-10-12-4-9-16-11-12/h4,9,11,13H,5-8,10H2,1-3H3. The van der Waals surface area contributed by atoms with Crippen LogP contribution in [0.25, 0.3) is 0 Å². The van der Waals surface area contributed by atoms with E-state index in [9.17, 15) is 0 Å². The molecule has 0 aliphatic heterocycles. The van der Waals surface area contributed by atoms with Crippen LogP contribution in [0.3, 0.4) is 0 Å². The molecule has 1 aromatic rings. The minimum Gasteiger partial charge on any atom is -0.472 e. The average Bonchev–Trinajstić information content (AvgIpc) is 2.74. The van der Waals surface area contributed by atoms with Gasteiger partial charge in [-0.2, -0.15) is 0 Å². The molecule has 0 saturated heterocycles. The van der Waals surface area contributed by atoms with Crippen molar-refractivity contribution in [2.45, 2.75) is 6.54 Å². The topological polar surface area (TPSA) is 31.6 Å². The zero-order valence-electron chi connectivity index (χ0n) is 10.6. The lowest BCUT2D eigenvalue weighted by Gasteiger charge is -2.19. The molecule has 0 fully saturated rings. The second kappa shape index (κ2) is 7.44. The lowest BCUT2D eigenvalue weighted by molar-refractivity contribution is 0.281. The Morgan fingerprint density at radius 3 is 2.62 bits per heavy atom. The van der Waals surface area contributed by atoms with Crippen molar-refractivity contribution in [2.24, 2.45) is 0 Å². The summed E-state index contributed by atoms with van der Waals surface area (Å²) in [6, 6.07) is 1.99. The molecule has 1 aromatic heterocycles. The molecule has 0 radical (unpaired) electrons. The van der Waals surface area contributed by atoms with Crippen LogP contribution in [0.5, 0.6) is 0 Å². The van der Waals surface area contributed by atoms with E-state index in [1.54, 1.807) is 12.5 Å². The van der Waals surface area contributed by atoms with Crippen molar-refractivity contribution in [2.75, 3.05) is 47.3 Å². The summed E-state index contributed by atoms with van der Waals surface area (Å²) >= 11 is 0. The van der Waals surface area contributed by atoms with Crippen LogP contribution in [0.15, 0.2) is 23.0 Å². The molecule has 4 heteroatoms. The Kier molecular flexibility index (Phi) is 6.15. The van der Waals surface area contributed by atoms with Gasteiger partial charge in [0.2, 0.25) is 0 Å². The fourth-order valence-corrected chi connectivity index (χ4v) is 1.38. The third-order valence-electron chi connectivity index (χ3n) is 2.51. The summed E-state index contributed by atoms with van der Waals surface area (Å²) in [5, 5.41) is 3.39. The van der Waals surface area contributed by atoms with Gasteiger partial charge in [0.15, 0.2) is 0 Å². The molecule has 0 bridgehead atoms. The highest BCUT2D eigenvalue weighted by Gasteiger charge is 1.99. The molecule has 1 N–H and O–H groups in total. The Hall–Kier alpha value is -0.840. The summed E-state index contributed by atoms with van der Waals surface area (Å²) < 4.78 is 5.00. The normalized spacial score (nSPS) is 11.6. The quantitative estimate of drug-likeness (QED) is 0.665. The van der Waals surface area contributed by atoms with Gasteiger partial charge in [0, 0.05) is 38.3 Å². The summed E-state index contributed by atoms with van der Waals surface area (Å²) in [5.41, 5.74) is 1.20. The smallest absolute Gasteiger partial charge is 0.0947 e. The Morgan fingerprint density at radius 2 is 2.00 bits per heavy atom. The van der Waals surface area contributed by atoms with E-state index in [1.165, 1.54) is 5.56 Å². The Balaban J connectivity index is 1.98. The monoisotopic (exact) mass is 225 g/mol. The van der Waals surface area contributed by atoms with Crippen molar-refractivity contribution >= 4 is 0 Å². The van der Waals surface area contributed by atoms with Gasteiger partial charge in [0.05, 0.1) is 12.5 Å². The molecule has 0 spiro atoms. The number of hydrogen-bond donors (Lipinski definition) is 1. The second-order valence-electron chi connectivity index (χ2n) is 4.41. The number of rotatable bonds is 8. The van der Waals surface area contributed by atoms with Crippen LogP contribution in [0, 0.1) is 0 Å². The molecule has 16 heavy (non-hydrogen) atoms. The average molecular weight is 225 g/mol. The summed E-state index contributed by atoms with van der Waals surface area (Å²) in [4.78, 5) is 4.54. The van der Waals surface area contributed by atoms with E-state index in [2.05, 4.69) is 36.3 Å². The van der Waals surface area contributed by atoms with E-state index >= 15 is 0 Å². The molecule has 1 rings (SSSR count). The Morgan fingerprint density at radius 1 is 1.19 bits per heavy atom. The summed E-state index contributed by atoms with van der Waals surface area (Å²) in [6.07, 6.45) is 3.49. The number of furan rings is 1. The van der Waals surface area contributed by atoms with Gasteiger partial charge in [-0.15, -0.1) is 0 Å². The Bertz CT molecular complexity index is 259. The van der Waals surface area contributed by atoms with E-state index in [0.29, 0.717) is 0 Å². The highest BCUT2D eigenvalue weighted by Crippen LogP contribution is 1.97. The molecule has 0 unspecified atom stereocenters. The fourth-order valence-electron chi connectivity index (χ4n) is 1.38. The molecule has 0 aliphatic carbocycles. The maximum Gasteiger partial charge on any atom is 0.0947 e. The van der Waals surface area contributed by atoms with Gasteiger partial charge in [-0.1, -0.05) is 0 Å². The first-order chi connectivity index (χ1) is 7.68. The van der Waals surface area contributed by atoms with E-state index < -0.39 is 0 Å². The number of nitrogens with one attached hydrogen (secondary N) is 1. The van der Waals surface area contributed by atoms with Crippen molar-refractivity contribution in [1.82, 2.24) is 15.1 Å². The van der Waals surface area contributed by atoms with Gasteiger partial charge < -0.3 is 19.5 Å². The molecular weight excluding hydrogens is 202 g/mol. The van der Waals surface area contributed by atoms with Gasteiger partial charge >= 0.3 is 0 Å². The maximum absolute atomic E-state index is 5.00. The van der Waals surface area contributed by atoms with E-state index in [0.717, 1.165) is 32.7 Å². The highest BCUT2D eigenvalue weighted by atomic mass is 16.3. The highest BCUT2D eigenvalue weighted by molar-refractivity contribution is 5.04. The Labute approximate surface area is 98.2 Å². The van der Waals surface area contributed by atoms with E-state index in [1.807, 2.05) is 6.07 Å². The molecule has 0 aromatic carbocycles. The van der Waals surface area contributed by atoms with Crippen molar-refractivity contribution in [3.8, 4) is 0 Å². The number of hydrogen-bond acceptors (Lipinski definition) is 4. The third kappa shape index (κ3) is 5.90. The number of nitrogens with zero attached hydrogens (tertiary/aromatic N) is 2. The van der Waals surface area contributed by atoms with Crippen molar-refractivity contribution in [3.63, 3.8) is 0 Å². The second-order valence-corrected chi connectivity index (χ2v) is 4.41. The van der Waals surface area contributed by atoms with Crippen LogP contribution in [-0.4, -0.2) is 57.1 Å². The first-order valence-electron chi connectivity index (χ1n) is 5.73. The van der Waals surface area contributed by atoms with Gasteiger partial charge in [-0.3, -0.25) is 0 Å². The van der Waals surface area contributed by atoms with Gasteiger partial charge in [-0.25, -0.2) is 0 Å². The lowest BCUT2D eigenvalue weighted by Crippen LogP contribution is -2.33. The van der Waals surface area contributed by atoms with Crippen LogP contribution in [0.4, 0.5) is 0 Å². The van der Waals surface area contributed by atoms with Gasteiger partial charge in [-0.05, 0) is 27.2 Å². The molecule has 92 valence electrons. The summed E-state index contributed by atoms with van der Waals surface area (Å²) in [7, 11) is 6.36. The molecule has 0 atom stereocenters. The predicted octanol–water partition coefficient (Wildman–Crippen LogP) is 0.863. The van der Waals surface area contributed by atoms with Crippen LogP contribution in [-0.2, 0) is 6.54 Å². The van der Waals surface area contributed by atoms with Gasteiger partial charge in [0.1, 0.15) is 0 Å². The summed E-state index contributed by atoms with van der Waals surface area (Å²) in [6.45, 7) is 5.19. The minimum atomic E-state index is 0.887. The lowest BCUT2D eigenvalue weighted by atomic mass is 10.3. The molecule has 0 amide bonds. The zero-order chi connectivity index (χ0) is 11.8. The van der Waals surface area contributed by atoms with Crippen LogP contribution in [0.2, 0.25) is 0 Å². The molecule has 1 heterocycles. The molecule has 4 nitrogen and oxygen atoms in total. The van der Waals surface area contributed by atoms with Crippen molar-refractivity contribution in [3.05, 3.63) is 24.2 Å². The SMILES string of the molecule is CN(C)CCN(C)CCNCc1ccoc1. The first kappa shape index (κ1) is 13.2. The zero-order valence-corrected chi connectivity index (χ0v) is 10.6. The maximum atomic E-state index is 5.00. The van der Waals surface area contributed by atoms with Crippen molar-refractivity contribution in [1.29, 1.82) is 0 Å². The van der Waals surface area contributed by atoms with E-state index in [-0.39, 0.29) is 0 Å². The fraction of sp³-hybridized carbons (Fsp3) is 0.667. The summed E-state index contributed by atoms with van der Waals surface area (Å²) in [5.74, 6) is 0. The van der Waals surface area contributed by atoms with Crippen molar-refractivity contribution < 1.29 is 4.42 Å². The molecule has 0 aliphatic rings. The van der Waals surface area contributed by atoms with Gasteiger partial charge in [0.25, 0.3) is 0 Å². The predicted molar refractivity (Wildman–Crippen MR) is 66.5 cm³/mol. The minimum absolute atomic E-state index is 0.887. The van der Waals surface area contributed by atoms with Crippen LogP contribution >= 0.6 is 0 Å². The molecule has 0 saturated carbocycles. The first-order valence-corrected chi connectivity index (χ1v) is 5.73. The largest absolute Gasteiger partial charge is 0.472 e. The molecular formula is C12H23N3O. The third-order valence-corrected chi connectivity index (χ3v) is 2.51. The van der Waals surface area contributed by atoms with Crippen LogP contribution in [0.1, 0.15) is 5.56 Å².